The van der Waals surface area contributed by atoms with Gasteiger partial charge in [0, 0.05) is 29.6 Å². The number of benzene rings is 1. The SMILES string of the molecule is COc1ccc(NC(C)=O)cc1CNC(=O)Cc1cccs1. The van der Waals surface area contributed by atoms with Gasteiger partial charge in [0.05, 0.1) is 13.5 Å². The summed E-state index contributed by atoms with van der Waals surface area (Å²) < 4.78 is 5.28. The summed E-state index contributed by atoms with van der Waals surface area (Å²) in [5.74, 6) is 0.484. The first-order chi connectivity index (χ1) is 10.6. The molecule has 0 radical (unpaired) electrons. The maximum atomic E-state index is 11.9. The Labute approximate surface area is 133 Å². The summed E-state index contributed by atoms with van der Waals surface area (Å²) in [6, 6.07) is 9.18. The highest BCUT2D eigenvalue weighted by atomic mass is 32.1. The van der Waals surface area contributed by atoms with Crippen LogP contribution in [-0.2, 0) is 22.6 Å². The number of amides is 2. The van der Waals surface area contributed by atoms with Gasteiger partial charge in [-0.05, 0) is 29.6 Å². The van der Waals surface area contributed by atoms with Crippen molar-refractivity contribution in [1.82, 2.24) is 5.32 Å². The number of carbonyl (C=O) groups is 2. The molecule has 1 aromatic carbocycles. The van der Waals surface area contributed by atoms with E-state index in [1.165, 1.54) is 6.92 Å². The zero-order chi connectivity index (χ0) is 15.9. The summed E-state index contributed by atoms with van der Waals surface area (Å²) in [5, 5.41) is 7.53. The number of hydrogen-bond donors (Lipinski definition) is 2. The average Bonchev–Trinajstić information content (AvgIpc) is 2.97. The zero-order valence-corrected chi connectivity index (χ0v) is 13.3. The molecule has 0 aliphatic carbocycles. The Hall–Kier alpha value is -2.34. The Morgan fingerprint density at radius 2 is 2.09 bits per heavy atom. The molecule has 2 N–H and O–H groups in total. The molecule has 2 rings (SSSR count). The van der Waals surface area contributed by atoms with E-state index in [2.05, 4.69) is 10.6 Å². The number of hydrogen-bond acceptors (Lipinski definition) is 4. The Bertz CT molecular complexity index is 653. The van der Waals surface area contributed by atoms with E-state index < -0.39 is 0 Å². The predicted octanol–water partition coefficient (Wildman–Crippen LogP) is 2.57. The molecule has 0 atom stereocenters. The molecule has 6 heteroatoms. The van der Waals surface area contributed by atoms with Gasteiger partial charge in [-0.3, -0.25) is 9.59 Å². The van der Waals surface area contributed by atoms with Crippen LogP contribution in [0.4, 0.5) is 5.69 Å². The summed E-state index contributed by atoms with van der Waals surface area (Å²) in [7, 11) is 1.57. The second kappa shape index (κ2) is 7.61. The molecule has 2 amide bonds. The van der Waals surface area contributed by atoms with Crippen LogP contribution >= 0.6 is 11.3 Å². The lowest BCUT2D eigenvalue weighted by Crippen LogP contribution is -2.24. The molecule has 0 unspecified atom stereocenters. The third-order valence-corrected chi connectivity index (χ3v) is 3.87. The summed E-state index contributed by atoms with van der Waals surface area (Å²) in [4.78, 5) is 24.1. The maximum Gasteiger partial charge on any atom is 0.225 e. The first-order valence-corrected chi connectivity index (χ1v) is 7.70. The fourth-order valence-corrected chi connectivity index (χ4v) is 2.73. The number of anilines is 1. The predicted molar refractivity (Wildman–Crippen MR) is 87.2 cm³/mol. The smallest absolute Gasteiger partial charge is 0.225 e. The molecule has 0 spiro atoms. The van der Waals surface area contributed by atoms with Gasteiger partial charge in [0.25, 0.3) is 0 Å². The minimum absolute atomic E-state index is 0.0468. The lowest BCUT2D eigenvalue weighted by molar-refractivity contribution is -0.120. The molecular formula is C16H18N2O3S. The Balaban J connectivity index is 2.00. The van der Waals surface area contributed by atoms with Gasteiger partial charge in [-0.15, -0.1) is 11.3 Å². The van der Waals surface area contributed by atoms with Crippen molar-refractivity contribution in [2.24, 2.45) is 0 Å². The van der Waals surface area contributed by atoms with Crippen LogP contribution in [0.1, 0.15) is 17.4 Å². The van der Waals surface area contributed by atoms with Crippen molar-refractivity contribution in [3.8, 4) is 5.75 Å². The number of methoxy groups -OCH3 is 1. The quantitative estimate of drug-likeness (QED) is 0.860. The van der Waals surface area contributed by atoms with E-state index in [4.69, 9.17) is 4.74 Å². The van der Waals surface area contributed by atoms with Crippen LogP contribution in [0.15, 0.2) is 35.7 Å². The van der Waals surface area contributed by atoms with E-state index in [1.54, 1.807) is 36.6 Å². The highest BCUT2D eigenvalue weighted by Crippen LogP contribution is 2.22. The van der Waals surface area contributed by atoms with Crippen LogP contribution in [0.2, 0.25) is 0 Å². The van der Waals surface area contributed by atoms with Crippen molar-refractivity contribution < 1.29 is 14.3 Å². The van der Waals surface area contributed by atoms with E-state index in [-0.39, 0.29) is 11.8 Å². The zero-order valence-electron chi connectivity index (χ0n) is 12.5. The third-order valence-electron chi connectivity index (χ3n) is 2.99. The first kappa shape index (κ1) is 16.0. The number of rotatable bonds is 6. The molecule has 1 heterocycles. The minimum atomic E-state index is -0.141. The fourth-order valence-electron chi connectivity index (χ4n) is 2.03. The highest BCUT2D eigenvalue weighted by Gasteiger charge is 2.08. The van der Waals surface area contributed by atoms with Crippen molar-refractivity contribution >= 4 is 28.8 Å². The maximum absolute atomic E-state index is 11.9. The summed E-state index contributed by atoms with van der Waals surface area (Å²) in [6.07, 6.45) is 0.366. The van der Waals surface area contributed by atoms with Gasteiger partial charge in [0.1, 0.15) is 5.75 Å². The van der Waals surface area contributed by atoms with Crippen molar-refractivity contribution in [3.63, 3.8) is 0 Å². The molecule has 0 bridgehead atoms. The number of carbonyl (C=O) groups excluding carboxylic acids is 2. The van der Waals surface area contributed by atoms with Crippen LogP contribution in [-0.4, -0.2) is 18.9 Å². The van der Waals surface area contributed by atoms with Gasteiger partial charge in [0.2, 0.25) is 11.8 Å². The van der Waals surface area contributed by atoms with E-state index in [0.717, 1.165) is 10.4 Å². The van der Waals surface area contributed by atoms with Gasteiger partial charge in [-0.25, -0.2) is 0 Å². The molecule has 116 valence electrons. The van der Waals surface area contributed by atoms with Gasteiger partial charge < -0.3 is 15.4 Å². The van der Waals surface area contributed by atoms with E-state index in [9.17, 15) is 9.59 Å². The molecule has 0 aliphatic rings. The van der Waals surface area contributed by atoms with E-state index >= 15 is 0 Å². The normalized spacial score (nSPS) is 10.1. The van der Waals surface area contributed by atoms with Crippen molar-refractivity contribution in [2.45, 2.75) is 19.9 Å². The second-order valence-corrected chi connectivity index (χ2v) is 5.77. The van der Waals surface area contributed by atoms with E-state index in [1.807, 2.05) is 17.5 Å². The molecule has 1 aromatic heterocycles. The van der Waals surface area contributed by atoms with Crippen LogP contribution in [0.5, 0.6) is 5.75 Å². The topological polar surface area (TPSA) is 67.4 Å². The van der Waals surface area contributed by atoms with Gasteiger partial charge in [-0.2, -0.15) is 0 Å². The van der Waals surface area contributed by atoms with Crippen molar-refractivity contribution in [2.75, 3.05) is 12.4 Å². The van der Waals surface area contributed by atoms with Crippen LogP contribution < -0.4 is 15.4 Å². The monoisotopic (exact) mass is 318 g/mol. The summed E-state index contributed by atoms with van der Waals surface area (Å²) in [6.45, 7) is 1.80. The van der Waals surface area contributed by atoms with Gasteiger partial charge in [0.15, 0.2) is 0 Å². The summed E-state index contributed by atoms with van der Waals surface area (Å²) in [5.41, 5.74) is 1.49. The Morgan fingerprint density at radius 3 is 2.73 bits per heavy atom. The van der Waals surface area contributed by atoms with Crippen molar-refractivity contribution in [1.29, 1.82) is 0 Å². The lowest BCUT2D eigenvalue weighted by Gasteiger charge is -2.12. The largest absolute Gasteiger partial charge is 0.496 e. The molecule has 0 aliphatic heterocycles. The molecule has 5 nitrogen and oxygen atoms in total. The van der Waals surface area contributed by atoms with Crippen LogP contribution in [0.25, 0.3) is 0 Å². The Morgan fingerprint density at radius 1 is 1.27 bits per heavy atom. The highest BCUT2D eigenvalue weighted by molar-refractivity contribution is 7.10. The lowest BCUT2D eigenvalue weighted by atomic mass is 10.1. The molecule has 0 saturated heterocycles. The minimum Gasteiger partial charge on any atom is -0.496 e. The van der Waals surface area contributed by atoms with Gasteiger partial charge in [-0.1, -0.05) is 6.07 Å². The fraction of sp³-hybridized carbons (Fsp3) is 0.250. The molecule has 0 saturated carbocycles. The molecule has 0 fully saturated rings. The first-order valence-electron chi connectivity index (χ1n) is 6.82. The third kappa shape index (κ3) is 4.60. The average molecular weight is 318 g/mol. The molecule has 22 heavy (non-hydrogen) atoms. The Kier molecular flexibility index (Phi) is 5.55. The van der Waals surface area contributed by atoms with E-state index in [0.29, 0.717) is 24.4 Å². The number of thiophene rings is 1. The number of ether oxygens (including phenoxy) is 1. The van der Waals surface area contributed by atoms with Gasteiger partial charge >= 0.3 is 0 Å². The van der Waals surface area contributed by atoms with Crippen LogP contribution in [0.3, 0.4) is 0 Å². The molecule has 2 aromatic rings. The second-order valence-electron chi connectivity index (χ2n) is 4.74. The molecular weight excluding hydrogens is 300 g/mol. The van der Waals surface area contributed by atoms with Crippen LogP contribution in [0, 0.1) is 0 Å². The summed E-state index contributed by atoms with van der Waals surface area (Å²) >= 11 is 1.56. The standard InChI is InChI=1S/C16H18N2O3S/c1-11(19)18-13-5-6-15(21-2)12(8-13)10-17-16(20)9-14-4-3-7-22-14/h3-8H,9-10H2,1-2H3,(H,17,20)(H,18,19). The number of nitrogens with one attached hydrogen (secondary N) is 2. The van der Waals surface area contributed by atoms with Crippen molar-refractivity contribution in [3.05, 3.63) is 46.2 Å².